The zero-order valence-corrected chi connectivity index (χ0v) is 12.9. The predicted molar refractivity (Wildman–Crippen MR) is 80.5 cm³/mol. The van der Waals surface area contributed by atoms with Crippen LogP contribution in [0, 0.1) is 0 Å². The van der Waals surface area contributed by atoms with Gasteiger partial charge in [-0.2, -0.15) is 0 Å². The largest absolute Gasteiger partial charge is 0.375 e. The van der Waals surface area contributed by atoms with Crippen molar-refractivity contribution >= 4 is 34.8 Å². The van der Waals surface area contributed by atoms with Crippen LogP contribution in [-0.2, 0) is 4.74 Å². The van der Waals surface area contributed by atoms with Crippen LogP contribution in [-0.4, -0.2) is 30.3 Å². The maximum atomic E-state index is 6.18. The molecule has 106 valence electrons. The molecule has 0 spiro atoms. The fraction of sp³-hybridized carbons (Fsp3) is 0.615. The molecule has 2 rings (SSSR count). The van der Waals surface area contributed by atoms with Crippen molar-refractivity contribution in [3.63, 3.8) is 0 Å². The van der Waals surface area contributed by atoms with Crippen molar-refractivity contribution in [2.24, 2.45) is 0 Å². The lowest BCUT2D eigenvalue weighted by molar-refractivity contribution is -0.0553. The van der Waals surface area contributed by atoms with Gasteiger partial charge in [-0.25, -0.2) is 4.98 Å². The number of hydrogen-bond donors (Lipinski definition) is 2. The fourth-order valence-corrected chi connectivity index (χ4v) is 2.80. The van der Waals surface area contributed by atoms with E-state index in [1.807, 2.05) is 0 Å². The van der Waals surface area contributed by atoms with Crippen LogP contribution in [0.25, 0.3) is 0 Å². The van der Waals surface area contributed by atoms with Gasteiger partial charge in [0.2, 0.25) is 0 Å². The molecule has 0 bridgehead atoms. The maximum absolute atomic E-state index is 6.18. The van der Waals surface area contributed by atoms with Crippen LogP contribution in [0.15, 0.2) is 6.07 Å². The molecule has 1 aromatic rings. The molecule has 0 saturated carbocycles. The third-order valence-electron chi connectivity index (χ3n) is 3.20. The summed E-state index contributed by atoms with van der Waals surface area (Å²) in [5, 5.41) is 7.39. The van der Waals surface area contributed by atoms with Gasteiger partial charge in [-0.3, -0.25) is 0 Å². The molecule has 1 aliphatic rings. The summed E-state index contributed by atoms with van der Waals surface area (Å²) in [5.41, 5.74) is -0.110. The average molecular weight is 304 g/mol. The molecule has 4 nitrogen and oxygen atoms in total. The average Bonchev–Trinajstić information content (AvgIpc) is 2.31. The molecule has 0 aliphatic carbocycles. The van der Waals surface area contributed by atoms with Crippen molar-refractivity contribution in [3.05, 3.63) is 16.1 Å². The number of pyridine rings is 1. The molecule has 19 heavy (non-hydrogen) atoms. The molecule has 1 aromatic heterocycles. The van der Waals surface area contributed by atoms with Crippen molar-refractivity contribution in [2.45, 2.75) is 38.3 Å². The van der Waals surface area contributed by atoms with Gasteiger partial charge in [0.15, 0.2) is 0 Å². The normalized spacial score (nSPS) is 22.1. The van der Waals surface area contributed by atoms with Crippen molar-refractivity contribution in [1.29, 1.82) is 0 Å². The van der Waals surface area contributed by atoms with Gasteiger partial charge in [0, 0.05) is 19.7 Å². The Morgan fingerprint density at radius 2 is 2.00 bits per heavy atom. The summed E-state index contributed by atoms with van der Waals surface area (Å²) in [6.45, 7) is 4.93. The van der Waals surface area contributed by atoms with Gasteiger partial charge in [0.1, 0.15) is 11.6 Å². The van der Waals surface area contributed by atoms with Gasteiger partial charge in [0.25, 0.3) is 0 Å². The first-order valence-corrected chi connectivity index (χ1v) is 7.11. The molecule has 6 heteroatoms. The Bertz CT molecular complexity index is 465. The number of anilines is 2. The lowest BCUT2D eigenvalue weighted by Gasteiger charge is -2.36. The molecule has 0 amide bonds. The van der Waals surface area contributed by atoms with E-state index in [-0.39, 0.29) is 5.60 Å². The van der Waals surface area contributed by atoms with E-state index in [0.717, 1.165) is 19.4 Å². The first kappa shape index (κ1) is 14.7. The summed E-state index contributed by atoms with van der Waals surface area (Å²) in [6.07, 6.45) is 1.86. The summed E-state index contributed by atoms with van der Waals surface area (Å²) in [7, 11) is 1.78. The summed E-state index contributed by atoms with van der Waals surface area (Å²) >= 11 is 12.2. The number of rotatable bonds is 3. The van der Waals surface area contributed by atoms with Crippen LogP contribution < -0.4 is 10.6 Å². The Labute approximate surface area is 123 Å². The Balaban J connectivity index is 2.14. The Kier molecular flexibility index (Phi) is 4.43. The van der Waals surface area contributed by atoms with Crippen LogP contribution in [0.3, 0.4) is 0 Å². The van der Waals surface area contributed by atoms with Gasteiger partial charge in [-0.15, -0.1) is 0 Å². The highest BCUT2D eigenvalue weighted by Gasteiger charge is 2.29. The predicted octanol–water partition coefficient (Wildman–Crippen LogP) is 3.80. The molecule has 1 fully saturated rings. The first-order valence-electron chi connectivity index (χ1n) is 6.35. The van der Waals surface area contributed by atoms with E-state index in [2.05, 4.69) is 29.5 Å². The van der Waals surface area contributed by atoms with Crippen LogP contribution >= 0.6 is 23.2 Å². The lowest BCUT2D eigenvalue weighted by atomic mass is 9.94. The number of nitrogens with one attached hydrogen (secondary N) is 2. The summed E-state index contributed by atoms with van der Waals surface area (Å²) < 4.78 is 5.70. The Morgan fingerprint density at radius 3 is 2.63 bits per heavy atom. The second-order valence-electron chi connectivity index (χ2n) is 5.34. The molecular weight excluding hydrogens is 285 g/mol. The van der Waals surface area contributed by atoms with Crippen LogP contribution in [0.2, 0.25) is 10.0 Å². The number of ether oxygens (including phenoxy) is 1. The van der Waals surface area contributed by atoms with Crippen molar-refractivity contribution in [1.82, 2.24) is 4.98 Å². The highest BCUT2D eigenvalue weighted by molar-refractivity contribution is 6.37. The van der Waals surface area contributed by atoms with Gasteiger partial charge >= 0.3 is 0 Å². The van der Waals surface area contributed by atoms with E-state index in [4.69, 9.17) is 27.9 Å². The maximum Gasteiger partial charge on any atom is 0.147 e. The Hall–Kier alpha value is -0.710. The van der Waals surface area contributed by atoms with Gasteiger partial charge in [0.05, 0.1) is 15.6 Å². The van der Waals surface area contributed by atoms with Crippen LogP contribution in [0.5, 0.6) is 0 Å². The van der Waals surface area contributed by atoms with Crippen molar-refractivity contribution in [3.8, 4) is 0 Å². The van der Waals surface area contributed by atoms with Crippen LogP contribution in [0.1, 0.15) is 26.7 Å². The number of hydrogen-bond acceptors (Lipinski definition) is 4. The highest BCUT2D eigenvalue weighted by atomic mass is 35.5. The summed E-state index contributed by atoms with van der Waals surface area (Å²) in [5.74, 6) is 1.29. The molecule has 0 radical (unpaired) electrons. The highest BCUT2D eigenvalue weighted by Crippen LogP contribution is 2.32. The number of halogens is 2. The standard InChI is InChI=1S/C13H19Cl2N3O/c1-13(2)7-8(4-5-19-13)17-12-10(15)6-9(14)11(16-3)18-12/h6,8H,4-5,7H2,1-3H3,(H2,16,17,18). The zero-order valence-electron chi connectivity index (χ0n) is 11.4. The second-order valence-corrected chi connectivity index (χ2v) is 6.16. The number of aromatic nitrogens is 1. The smallest absolute Gasteiger partial charge is 0.147 e. The molecule has 2 heterocycles. The van der Waals surface area contributed by atoms with E-state index < -0.39 is 0 Å². The Morgan fingerprint density at radius 1 is 1.32 bits per heavy atom. The van der Waals surface area contributed by atoms with Gasteiger partial charge < -0.3 is 15.4 Å². The monoisotopic (exact) mass is 303 g/mol. The van der Waals surface area contributed by atoms with E-state index in [1.54, 1.807) is 13.1 Å². The van der Waals surface area contributed by atoms with E-state index in [1.165, 1.54) is 0 Å². The summed E-state index contributed by atoms with van der Waals surface area (Å²) in [6, 6.07) is 2.01. The fourth-order valence-electron chi connectivity index (χ4n) is 2.29. The zero-order chi connectivity index (χ0) is 14.0. The summed E-state index contributed by atoms with van der Waals surface area (Å²) in [4.78, 5) is 4.41. The molecule has 1 aliphatic heterocycles. The molecule has 1 unspecified atom stereocenters. The molecule has 1 saturated heterocycles. The van der Waals surface area contributed by atoms with Crippen molar-refractivity contribution < 1.29 is 4.74 Å². The van der Waals surface area contributed by atoms with Crippen molar-refractivity contribution in [2.75, 3.05) is 24.3 Å². The minimum Gasteiger partial charge on any atom is -0.375 e. The molecule has 1 atom stereocenters. The van der Waals surface area contributed by atoms with Crippen LogP contribution in [0.4, 0.5) is 11.6 Å². The van der Waals surface area contributed by atoms with E-state index in [0.29, 0.717) is 27.7 Å². The third-order valence-corrected chi connectivity index (χ3v) is 3.78. The first-order chi connectivity index (χ1) is 8.91. The topological polar surface area (TPSA) is 46.2 Å². The molecule has 2 N–H and O–H groups in total. The number of nitrogens with zero attached hydrogens (tertiary/aromatic N) is 1. The minimum atomic E-state index is -0.110. The quantitative estimate of drug-likeness (QED) is 0.891. The molecule has 0 aromatic carbocycles. The SMILES string of the molecule is CNc1nc(NC2CCOC(C)(C)C2)c(Cl)cc1Cl. The van der Waals surface area contributed by atoms with E-state index in [9.17, 15) is 0 Å². The van der Waals surface area contributed by atoms with E-state index >= 15 is 0 Å². The minimum absolute atomic E-state index is 0.110. The van der Waals surface area contributed by atoms with Gasteiger partial charge in [-0.1, -0.05) is 23.2 Å². The molecular formula is C13H19Cl2N3O. The van der Waals surface area contributed by atoms with Gasteiger partial charge in [-0.05, 0) is 32.8 Å². The second kappa shape index (κ2) is 5.73. The lowest BCUT2D eigenvalue weighted by Crippen LogP contribution is -2.40. The third kappa shape index (κ3) is 3.65.